The van der Waals surface area contributed by atoms with E-state index >= 15 is 0 Å². The summed E-state index contributed by atoms with van der Waals surface area (Å²) in [6.07, 6.45) is 0. The largest absolute Gasteiger partial charge is 0.495 e. The highest BCUT2D eigenvalue weighted by Crippen LogP contribution is 2.27. The SMILES string of the molecule is COc1ccc(NC(=O)[C@@H](C)NC(=O)c2ccccc2Cl)cc1NC(C)=O. The summed E-state index contributed by atoms with van der Waals surface area (Å²) in [6.45, 7) is 2.93. The van der Waals surface area contributed by atoms with Gasteiger partial charge in [-0.05, 0) is 37.3 Å². The first-order valence-electron chi connectivity index (χ1n) is 8.13. The standard InChI is InChI=1S/C19H20ClN3O4/c1-11(21-19(26)14-6-4-5-7-15(14)20)18(25)23-13-8-9-17(27-3)16(10-13)22-12(2)24/h4-11H,1-3H3,(H,21,26)(H,22,24)(H,23,25)/t11-/m1/s1. The van der Waals surface area contributed by atoms with Crippen LogP contribution in [0.5, 0.6) is 5.75 Å². The van der Waals surface area contributed by atoms with Gasteiger partial charge < -0.3 is 20.7 Å². The van der Waals surface area contributed by atoms with Gasteiger partial charge in [-0.15, -0.1) is 0 Å². The van der Waals surface area contributed by atoms with Crippen molar-refractivity contribution < 1.29 is 19.1 Å². The van der Waals surface area contributed by atoms with Crippen molar-refractivity contribution in [3.63, 3.8) is 0 Å². The number of ether oxygens (including phenoxy) is 1. The number of hydrogen-bond acceptors (Lipinski definition) is 4. The number of benzene rings is 2. The van der Waals surface area contributed by atoms with Gasteiger partial charge in [0.25, 0.3) is 5.91 Å². The van der Waals surface area contributed by atoms with Gasteiger partial charge in [-0.3, -0.25) is 14.4 Å². The van der Waals surface area contributed by atoms with Crippen molar-refractivity contribution in [3.8, 4) is 5.75 Å². The molecule has 2 aromatic rings. The maximum absolute atomic E-state index is 12.4. The molecule has 1 atom stereocenters. The Morgan fingerprint density at radius 3 is 2.41 bits per heavy atom. The third kappa shape index (κ3) is 5.46. The second kappa shape index (κ2) is 9.05. The predicted molar refractivity (Wildman–Crippen MR) is 104 cm³/mol. The van der Waals surface area contributed by atoms with Crippen molar-refractivity contribution in [2.45, 2.75) is 19.9 Å². The van der Waals surface area contributed by atoms with Crippen LogP contribution in [0, 0.1) is 0 Å². The van der Waals surface area contributed by atoms with Crippen molar-refractivity contribution in [2.24, 2.45) is 0 Å². The highest BCUT2D eigenvalue weighted by Gasteiger charge is 2.18. The number of anilines is 2. The van der Waals surface area contributed by atoms with Crippen LogP contribution in [0.4, 0.5) is 11.4 Å². The van der Waals surface area contributed by atoms with E-state index in [0.29, 0.717) is 22.1 Å². The van der Waals surface area contributed by atoms with Crippen LogP contribution < -0.4 is 20.7 Å². The van der Waals surface area contributed by atoms with Crippen LogP contribution in [-0.2, 0) is 9.59 Å². The summed E-state index contributed by atoms with van der Waals surface area (Å²) in [4.78, 5) is 35.9. The first kappa shape index (κ1) is 20.3. The summed E-state index contributed by atoms with van der Waals surface area (Å²) in [6, 6.07) is 10.6. The van der Waals surface area contributed by atoms with Crippen LogP contribution in [0.3, 0.4) is 0 Å². The van der Waals surface area contributed by atoms with Gasteiger partial charge in [0.05, 0.1) is 23.4 Å². The molecule has 2 aromatic carbocycles. The molecule has 0 aliphatic heterocycles. The van der Waals surface area contributed by atoms with Gasteiger partial charge in [0.2, 0.25) is 11.8 Å². The fourth-order valence-corrected chi connectivity index (χ4v) is 2.53. The maximum atomic E-state index is 12.4. The van der Waals surface area contributed by atoms with E-state index in [1.54, 1.807) is 49.4 Å². The van der Waals surface area contributed by atoms with E-state index in [1.165, 1.54) is 14.0 Å². The van der Waals surface area contributed by atoms with Gasteiger partial charge in [-0.25, -0.2) is 0 Å². The Morgan fingerprint density at radius 1 is 1.07 bits per heavy atom. The quantitative estimate of drug-likeness (QED) is 0.707. The molecular weight excluding hydrogens is 370 g/mol. The van der Waals surface area contributed by atoms with Gasteiger partial charge in [0.1, 0.15) is 11.8 Å². The number of methoxy groups -OCH3 is 1. The summed E-state index contributed by atoms with van der Waals surface area (Å²) < 4.78 is 5.17. The minimum absolute atomic E-state index is 0.267. The highest BCUT2D eigenvalue weighted by atomic mass is 35.5. The minimum Gasteiger partial charge on any atom is -0.495 e. The molecule has 0 aliphatic rings. The molecule has 3 N–H and O–H groups in total. The number of halogens is 1. The maximum Gasteiger partial charge on any atom is 0.253 e. The van der Waals surface area contributed by atoms with E-state index < -0.39 is 17.9 Å². The third-order valence-corrected chi connectivity index (χ3v) is 3.97. The average molecular weight is 390 g/mol. The van der Waals surface area contributed by atoms with E-state index in [-0.39, 0.29) is 11.5 Å². The lowest BCUT2D eigenvalue weighted by Crippen LogP contribution is -2.41. The van der Waals surface area contributed by atoms with E-state index in [2.05, 4.69) is 16.0 Å². The molecule has 0 unspecified atom stereocenters. The van der Waals surface area contributed by atoms with E-state index in [9.17, 15) is 14.4 Å². The molecule has 3 amide bonds. The zero-order valence-corrected chi connectivity index (χ0v) is 15.9. The van der Waals surface area contributed by atoms with Crippen molar-refractivity contribution in [1.29, 1.82) is 0 Å². The highest BCUT2D eigenvalue weighted by molar-refractivity contribution is 6.33. The number of rotatable bonds is 6. The summed E-state index contributed by atoms with van der Waals surface area (Å²) in [5, 5.41) is 8.21. The van der Waals surface area contributed by atoms with Gasteiger partial charge in [-0.2, -0.15) is 0 Å². The first-order valence-corrected chi connectivity index (χ1v) is 8.51. The lowest BCUT2D eigenvalue weighted by atomic mass is 10.2. The Labute approximate surface area is 162 Å². The molecule has 27 heavy (non-hydrogen) atoms. The Balaban J connectivity index is 2.06. The Morgan fingerprint density at radius 2 is 1.78 bits per heavy atom. The van der Waals surface area contributed by atoms with Gasteiger partial charge in [0, 0.05) is 12.6 Å². The molecule has 0 radical (unpaired) electrons. The zero-order valence-electron chi connectivity index (χ0n) is 15.1. The molecule has 0 heterocycles. The molecular formula is C19H20ClN3O4. The normalized spacial score (nSPS) is 11.3. The molecule has 0 spiro atoms. The first-order chi connectivity index (χ1) is 12.8. The molecule has 0 aliphatic carbocycles. The number of amides is 3. The summed E-state index contributed by atoms with van der Waals surface area (Å²) in [7, 11) is 1.48. The fourth-order valence-electron chi connectivity index (χ4n) is 2.31. The van der Waals surface area contributed by atoms with Crippen molar-refractivity contribution in [1.82, 2.24) is 5.32 Å². The minimum atomic E-state index is -0.805. The summed E-state index contributed by atoms with van der Waals surface area (Å²) in [5.74, 6) is -0.674. The second-order valence-corrected chi connectivity index (χ2v) is 6.17. The monoisotopic (exact) mass is 389 g/mol. The summed E-state index contributed by atoms with van der Waals surface area (Å²) in [5.41, 5.74) is 1.16. The van der Waals surface area contributed by atoms with Gasteiger partial charge >= 0.3 is 0 Å². The molecule has 142 valence electrons. The Hall–Kier alpha value is -3.06. The summed E-state index contributed by atoms with van der Waals surface area (Å²) >= 11 is 5.99. The number of nitrogens with one attached hydrogen (secondary N) is 3. The smallest absolute Gasteiger partial charge is 0.253 e. The molecule has 7 nitrogen and oxygen atoms in total. The van der Waals surface area contributed by atoms with Crippen LogP contribution in [0.1, 0.15) is 24.2 Å². The third-order valence-electron chi connectivity index (χ3n) is 3.64. The van der Waals surface area contributed by atoms with Gasteiger partial charge in [0.15, 0.2) is 0 Å². The van der Waals surface area contributed by atoms with Crippen molar-refractivity contribution in [3.05, 3.63) is 53.1 Å². The van der Waals surface area contributed by atoms with Crippen LogP contribution >= 0.6 is 11.6 Å². The number of carbonyl (C=O) groups excluding carboxylic acids is 3. The molecule has 0 aromatic heterocycles. The Bertz CT molecular complexity index is 870. The van der Waals surface area contributed by atoms with Crippen LogP contribution in [0.2, 0.25) is 5.02 Å². The lowest BCUT2D eigenvalue weighted by Gasteiger charge is -2.16. The predicted octanol–water partition coefficient (Wildman–Crippen LogP) is 3.06. The topological polar surface area (TPSA) is 96.5 Å². The number of hydrogen-bond donors (Lipinski definition) is 3. The van der Waals surface area contributed by atoms with Crippen LogP contribution in [0.25, 0.3) is 0 Å². The molecule has 0 saturated carbocycles. The van der Waals surface area contributed by atoms with Gasteiger partial charge in [-0.1, -0.05) is 23.7 Å². The van der Waals surface area contributed by atoms with Crippen molar-refractivity contribution >= 4 is 40.7 Å². The van der Waals surface area contributed by atoms with E-state index in [4.69, 9.17) is 16.3 Å². The van der Waals surface area contributed by atoms with Crippen LogP contribution in [0.15, 0.2) is 42.5 Å². The molecule has 8 heteroatoms. The van der Waals surface area contributed by atoms with Crippen molar-refractivity contribution in [2.75, 3.05) is 17.7 Å². The molecule has 0 saturated heterocycles. The zero-order chi connectivity index (χ0) is 20.0. The van der Waals surface area contributed by atoms with E-state index in [1.807, 2.05) is 0 Å². The fraction of sp³-hybridized carbons (Fsp3) is 0.211. The van der Waals surface area contributed by atoms with E-state index in [0.717, 1.165) is 0 Å². The molecule has 0 bridgehead atoms. The molecule has 0 fully saturated rings. The molecule has 2 rings (SSSR count). The number of carbonyl (C=O) groups is 3. The van der Waals surface area contributed by atoms with Crippen LogP contribution in [-0.4, -0.2) is 30.9 Å². The second-order valence-electron chi connectivity index (χ2n) is 5.76. The Kier molecular flexibility index (Phi) is 6.79. The lowest BCUT2D eigenvalue weighted by molar-refractivity contribution is -0.117. The average Bonchev–Trinajstić information content (AvgIpc) is 2.61.